The lowest BCUT2D eigenvalue weighted by Gasteiger charge is -2.23. The summed E-state index contributed by atoms with van der Waals surface area (Å²) in [6, 6.07) is 9.97. The minimum Gasteiger partial charge on any atom is -0.377 e. The molecule has 0 aliphatic rings. The standard InChI is InChI=1S/C20H23Cl2N3O2/c1-5-25(6-2)20(27)15-12-14(8-10-18(15)24(3)4)23-19(26)13-7-9-16(21)17(22)11-13/h7-12H,5-6H2,1-4H3,(H,23,26). The van der Waals surface area contributed by atoms with E-state index < -0.39 is 0 Å². The monoisotopic (exact) mass is 407 g/mol. The van der Waals surface area contributed by atoms with Crippen LogP contribution < -0.4 is 10.2 Å². The number of hydrogen-bond acceptors (Lipinski definition) is 3. The van der Waals surface area contributed by atoms with Crippen LogP contribution in [-0.4, -0.2) is 43.9 Å². The molecule has 0 aliphatic heterocycles. The quantitative estimate of drug-likeness (QED) is 0.748. The van der Waals surface area contributed by atoms with Gasteiger partial charge in [-0.1, -0.05) is 23.2 Å². The molecule has 0 atom stereocenters. The van der Waals surface area contributed by atoms with Crippen molar-refractivity contribution in [2.45, 2.75) is 13.8 Å². The fraction of sp³-hybridized carbons (Fsp3) is 0.300. The molecule has 27 heavy (non-hydrogen) atoms. The molecule has 0 saturated carbocycles. The Labute approximate surface area is 169 Å². The highest BCUT2D eigenvalue weighted by Gasteiger charge is 2.19. The lowest BCUT2D eigenvalue weighted by molar-refractivity contribution is 0.0773. The number of amides is 2. The molecule has 144 valence electrons. The van der Waals surface area contributed by atoms with Gasteiger partial charge in [0.2, 0.25) is 0 Å². The van der Waals surface area contributed by atoms with Crippen LogP contribution in [0.5, 0.6) is 0 Å². The van der Waals surface area contributed by atoms with Crippen molar-refractivity contribution in [1.29, 1.82) is 0 Å². The Bertz CT molecular complexity index is 849. The van der Waals surface area contributed by atoms with E-state index >= 15 is 0 Å². The largest absolute Gasteiger partial charge is 0.377 e. The normalized spacial score (nSPS) is 10.4. The maximum atomic E-state index is 12.9. The smallest absolute Gasteiger partial charge is 0.256 e. The molecule has 2 amide bonds. The highest BCUT2D eigenvalue weighted by atomic mass is 35.5. The predicted octanol–water partition coefficient (Wildman–Crippen LogP) is 4.79. The molecule has 2 aromatic carbocycles. The zero-order valence-electron chi connectivity index (χ0n) is 15.8. The van der Waals surface area contributed by atoms with Crippen LogP contribution in [0.4, 0.5) is 11.4 Å². The lowest BCUT2D eigenvalue weighted by Crippen LogP contribution is -2.31. The van der Waals surface area contributed by atoms with Crippen LogP contribution in [0.3, 0.4) is 0 Å². The summed E-state index contributed by atoms with van der Waals surface area (Å²) in [6.45, 7) is 5.10. The van der Waals surface area contributed by atoms with Crippen LogP contribution >= 0.6 is 23.2 Å². The van der Waals surface area contributed by atoms with Crippen LogP contribution in [0, 0.1) is 0 Å². The Kier molecular flexibility index (Phi) is 7.11. The van der Waals surface area contributed by atoms with E-state index in [1.54, 1.807) is 29.2 Å². The van der Waals surface area contributed by atoms with E-state index in [4.69, 9.17) is 23.2 Å². The summed E-state index contributed by atoms with van der Waals surface area (Å²) >= 11 is 11.9. The molecular formula is C20H23Cl2N3O2. The van der Waals surface area contributed by atoms with E-state index in [0.717, 1.165) is 5.69 Å². The van der Waals surface area contributed by atoms with Gasteiger partial charge >= 0.3 is 0 Å². The first-order chi connectivity index (χ1) is 12.8. The number of hydrogen-bond donors (Lipinski definition) is 1. The van der Waals surface area contributed by atoms with Crippen LogP contribution in [0.15, 0.2) is 36.4 Å². The molecule has 5 nitrogen and oxygen atoms in total. The minimum atomic E-state index is -0.326. The van der Waals surface area contributed by atoms with Gasteiger partial charge in [0.15, 0.2) is 0 Å². The summed E-state index contributed by atoms with van der Waals surface area (Å²) < 4.78 is 0. The Morgan fingerprint density at radius 2 is 1.63 bits per heavy atom. The van der Waals surface area contributed by atoms with Crippen molar-refractivity contribution >= 4 is 46.4 Å². The number of carbonyl (C=O) groups excluding carboxylic acids is 2. The molecule has 0 radical (unpaired) electrons. The van der Waals surface area contributed by atoms with E-state index in [9.17, 15) is 9.59 Å². The first kappa shape index (κ1) is 21.1. The SMILES string of the molecule is CCN(CC)C(=O)c1cc(NC(=O)c2ccc(Cl)c(Cl)c2)ccc1N(C)C. The van der Waals surface area contributed by atoms with Gasteiger partial charge in [0.25, 0.3) is 11.8 Å². The number of carbonyl (C=O) groups is 2. The fourth-order valence-corrected chi connectivity index (χ4v) is 2.99. The van der Waals surface area contributed by atoms with Gasteiger partial charge in [-0.25, -0.2) is 0 Å². The van der Waals surface area contributed by atoms with Gasteiger partial charge in [0, 0.05) is 44.1 Å². The van der Waals surface area contributed by atoms with E-state index in [1.165, 1.54) is 6.07 Å². The van der Waals surface area contributed by atoms with E-state index in [0.29, 0.717) is 39.9 Å². The molecule has 2 aromatic rings. The number of nitrogens with zero attached hydrogens (tertiary/aromatic N) is 2. The number of rotatable bonds is 6. The second kappa shape index (κ2) is 9.11. The van der Waals surface area contributed by atoms with Crippen molar-refractivity contribution in [2.75, 3.05) is 37.4 Å². The van der Waals surface area contributed by atoms with Crippen molar-refractivity contribution in [1.82, 2.24) is 4.90 Å². The molecule has 0 bridgehead atoms. The highest BCUT2D eigenvalue weighted by Crippen LogP contribution is 2.26. The maximum Gasteiger partial charge on any atom is 0.256 e. The van der Waals surface area contributed by atoms with E-state index in [2.05, 4.69) is 5.32 Å². The fourth-order valence-electron chi connectivity index (χ4n) is 2.70. The van der Waals surface area contributed by atoms with Crippen molar-refractivity contribution in [3.8, 4) is 0 Å². The molecule has 2 rings (SSSR count). The summed E-state index contributed by atoms with van der Waals surface area (Å²) in [7, 11) is 3.75. The second-order valence-corrected chi connectivity index (χ2v) is 7.00. The number of benzene rings is 2. The van der Waals surface area contributed by atoms with Gasteiger partial charge in [-0.15, -0.1) is 0 Å². The van der Waals surface area contributed by atoms with Crippen LogP contribution in [0.2, 0.25) is 10.0 Å². The third kappa shape index (κ3) is 4.93. The Morgan fingerprint density at radius 3 is 2.19 bits per heavy atom. The van der Waals surface area contributed by atoms with E-state index in [1.807, 2.05) is 38.9 Å². The zero-order chi connectivity index (χ0) is 20.1. The Hall–Kier alpha value is -2.24. The number of halogens is 2. The molecule has 0 aromatic heterocycles. The molecule has 7 heteroatoms. The van der Waals surface area contributed by atoms with Crippen LogP contribution in [0.25, 0.3) is 0 Å². The molecule has 1 N–H and O–H groups in total. The van der Waals surface area contributed by atoms with Crippen LogP contribution in [-0.2, 0) is 0 Å². The zero-order valence-corrected chi connectivity index (χ0v) is 17.4. The summed E-state index contributed by atoms with van der Waals surface area (Å²) in [4.78, 5) is 29.0. The maximum absolute atomic E-state index is 12.9. The second-order valence-electron chi connectivity index (χ2n) is 6.19. The summed E-state index contributed by atoms with van der Waals surface area (Å²) in [5.41, 5.74) is 2.25. The average molecular weight is 408 g/mol. The summed E-state index contributed by atoms with van der Waals surface area (Å²) in [5.74, 6) is -0.401. The van der Waals surface area contributed by atoms with Gasteiger partial charge in [-0.2, -0.15) is 0 Å². The topological polar surface area (TPSA) is 52.7 Å². The number of anilines is 2. The first-order valence-corrected chi connectivity index (χ1v) is 9.41. The van der Waals surface area contributed by atoms with Crippen molar-refractivity contribution < 1.29 is 9.59 Å². The van der Waals surface area contributed by atoms with Crippen molar-refractivity contribution in [3.63, 3.8) is 0 Å². The van der Waals surface area contributed by atoms with Gasteiger partial charge in [0.05, 0.1) is 15.6 Å². The molecule has 0 aliphatic carbocycles. The summed E-state index contributed by atoms with van der Waals surface area (Å²) in [5, 5.41) is 3.51. The van der Waals surface area contributed by atoms with Crippen LogP contribution in [0.1, 0.15) is 34.6 Å². The number of nitrogens with one attached hydrogen (secondary N) is 1. The average Bonchev–Trinajstić information content (AvgIpc) is 2.64. The third-order valence-corrected chi connectivity index (χ3v) is 4.94. The van der Waals surface area contributed by atoms with Gasteiger partial charge in [-0.05, 0) is 50.2 Å². The highest BCUT2D eigenvalue weighted by molar-refractivity contribution is 6.42. The van der Waals surface area contributed by atoms with Gasteiger partial charge < -0.3 is 15.1 Å². The molecular weight excluding hydrogens is 385 g/mol. The van der Waals surface area contributed by atoms with Gasteiger partial charge in [-0.3, -0.25) is 9.59 Å². The minimum absolute atomic E-state index is 0.0747. The first-order valence-electron chi connectivity index (χ1n) is 8.65. The summed E-state index contributed by atoms with van der Waals surface area (Å²) in [6.07, 6.45) is 0. The molecule has 0 fully saturated rings. The van der Waals surface area contributed by atoms with Crippen molar-refractivity contribution in [3.05, 3.63) is 57.6 Å². The van der Waals surface area contributed by atoms with Gasteiger partial charge in [0.1, 0.15) is 0 Å². The van der Waals surface area contributed by atoms with E-state index in [-0.39, 0.29) is 11.8 Å². The lowest BCUT2D eigenvalue weighted by atomic mass is 10.1. The Balaban J connectivity index is 2.35. The predicted molar refractivity (Wildman–Crippen MR) is 112 cm³/mol. The molecule has 0 heterocycles. The molecule has 0 unspecified atom stereocenters. The third-order valence-electron chi connectivity index (χ3n) is 4.20. The molecule has 0 saturated heterocycles. The molecule has 0 spiro atoms. The Morgan fingerprint density at radius 1 is 0.963 bits per heavy atom. The van der Waals surface area contributed by atoms with Crippen molar-refractivity contribution in [2.24, 2.45) is 0 Å².